The molecule has 1 aromatic carbocycles. The fourth-order valence-corrected chi connectivity index (χ4v) is 2.82. The van der Waals surface area contributed by atoms with E-state index < -0.39 is 0 Å². The van der Waals surface area contributed by atoms with Gasteiger partial charge in [-0.25, -0.2) is 0 Å². The summed E-state index contributed by atoms with van der Waals surface area (Å²) < 4.78 is 0. The smallest absolute Gasteiger partial charge is 0.161 e. The summed E-state index contributed by atoms with van der Waals surface area (Å²) in [7, 11) is 0. The Labute approximate surface area is 105 Å². The second-order valence-corrected chi connectivity index (χ2v) is 6.00. The van der Waals surface area contributed by atoms with Crippen molar-refractivity contribution in [3.05, 3.63) is 28.8 Å². The maximum absolute atomic E-state index is 6.15. The third-order valence-electron chi connectivity index (χ3n) is 2.33. The van der Waals surface area contributed by atoms with Gasteiger partial charge in [-0.15, -0.1) is 0 Å². The molecule has 0 aliphatic carbocycles. The maximum atomic E-state index is 6.15. The molecule has 0 amide bonds. The molecule has 16 heavy (non-hydrogen) atoms. The third kappa shape index (κ3) is 2.71. The van der Waals surface area contributed by atoms with Crippen molar-refractivity contribution in [3.8, 4) is 0 Å². The van der Waals surface area contributed by atoms with Crippen molar-refractivity contribution in [2.45, 2.75) is 26.3 Å². The minimum Gasteiger partial charge on any atom is -0.334 e. The summed E-state index contributed by atoms with van der Waals surface area (Å²) in [5.74, 6) is 1.01. The van der Waals surface area contributed by atoms with Crippen LogP contribution in [0, 0.1) is 6.92 Å². The van der Waals surface area contributed by atoms with Crippen molar-refractivity contribution in [1.82, 2.24) is 0 Å². The fraction of sp³-hybridized carbons (Fsp3) is 0.417. The average molecular weight is 255 g/mol. The SMILES string of the molecule is Cc1ccc(NC2=NC(C)(C)CS2)c(Cl)c1. The Balaban J connectivity index is 2.16. The molecule has 0 radical (unpaired) electrons. The standard InChI is InChI=1S/C12H15ClN2S/c1-8-4-5-10(9(13)6-8)14-11-15-12(2,3)7-16-11/h4-6H,7H2,1-3H3,(H,14,15). The lowest BCUT2D eigenvalue weighted by Crippen LogP contribution is -2.15. The van der Waals surface area contributed by atoms with Crippen LogP contribution in [0.15, 0.2) is 23.2 Å². The number of benzene rings is 1. The number of thioether (sulfide) groups is 1. The molecular weight excluding hydrogens is 240 g/mol. The van der Waals surface area contributed by atoms with Crippen LogP contribution >= 0.6 is 23.4 Å². The highest BCUT2D eigenvalue weighted by Gasteiger charge is 2.25. The number of anilines is 1. The van der Waals surface area contributed by atoms with Crippen molar-refractivity contribution >= 4 is 34.2 Å². The second kappa shape index (κ2) is 4.30. The number of hydrogen-bond acceptors (Lipinski definition) is 3. The van der Waals surface area contributed by atoms with Crippen molar-refractivity contribution in [1.29, 1.82) is 0 Å². The highest BCUT2D eigenvalue weighted by Crippen LogP contribution is 2.30. The Bertz CT molecular complexity index is 441. The first-order valence-corrected chi connectivity index (χ1v) is 6.58. The molecule has 1 N–H and O–H groups in total. The normalized spacial score (nSPS) is 18.4. The van der Waals surface area contributed by atoms with Crippen LogP contribution < -0.4 is 5.32 Å². The van der Waals surface area contributed by atoms with Crippen LogP contribution in [0.5, 0.6) is 0 Å². The number of aryl methyl sites for hydroxylation is 1. The van der Waals surface area contributed by atoms with E-state index in [4.69, 9.17) is 11.6 Å². The van der Waals surface area contributed by atoms with E-state index in [1.54, 1.807) is 11.8 Å². The molecule has 2 rings (SSSR count). The largest absolute Gasteiger partial charge is 0.334 e. The van der Waals surface area contributed by atoms with Crippen molar-refractivity contribution < 1.29 is 0 Å². The molecule has 1 heterocycles. The summed E-state index contributed by atoms with van der Waals surface area (Å²) in [5.41, 5.74) is 2.12. The Morgan fingerprint density at radius 1 is 1.44 bits per heavy atom. The molecule has 0 atom stereocenters. The van der Waals surface area contributed by atoms with Gasteiger partial charge in [-0.2, -0.15) is 0 Å². The summed E-state index contributed by atoms with van der Waals surface area (Å²) in [5, 5.41) is 4.97. The highest BCUT2D eigenvalue weighted by molar-refractivity contribution is 8.14. The van der Waals surface area contributed by atoms with E-state index in [2.05, 4.69) is 24.2 Å². The number of amidine groups is 1. The van der Waals surface area contributed by atoms with E-state index in [-0.39, 0.29) is 5.54 Å². The minimum atomic E-state index is 0.0319. The van der Waals surface area contributed by atoms with Crippen LogP contribution in [-0.4, -0.2) is 16.5 Å². The predicted molar refractivity (Wildman–Crippen MR) is 73.8 cm³/mol. The van der Waals surface area contributed by atoms with Gasteiger partial charge in [-0.3, -0.25) is 4.99 Å². The number of aliphatic imine (C=N–C) groups is 1. The molecule has 0 unspecified atom stereocenters. The molecule has 0 saturated carbocycles. The number of nitrogens with zero attached hydrogens (tertiary/aromatic N) is 1. The lowest BCUT2D eigenvalue weighted by Gasteiger charge is -2.10. The van der Waals surface area contributed by atoms with Gasteiger partial charge in [-0.05, 0) is 38.5 Å². The van der Waals surface area contributed by atoms with E-state index in [0.717, 1.165) is 27.2 Å². The summed E-state index contributed by atoms with van der Waals surface area (Å²) in [6.07, 6.45) is 0. The van der Waals surface area contributed by atoms with E-state index in [1.165, 1.54) is 0 Å². The molecule has 2 nitrogen and oxygen atoms in total. The van der Waals surface area contributed by atoms with Gasteiger partial charge in [0.2, 0.25) is 0 Å². The van der Waals surface area contributed by atoms with Crippen LogP contribution in [0.2, 0.25) is 5.02 Å². The lowest BCUT2D eigenvalue weighted by atomic mass is 10.1. The topological polar surface area (TPSA) is 24.4 Å². The molecule has 86 valence electrons. The number of rotatable bonds is 1. The minimum absolute atomic E-state index is 0.0319. The van der Waals surface area contributed by atoms with Crippen molar-refractivity contribution in [3.63, 3.8) is 0 Å². The Morgan fingerprint density at radius 3 is 2.75 bits per heavy atom. The highest BCUT2D eigenvalue weighted by atomic mass is 35.5. The molecule has 1 aliphatic heterocycles. The Morgan fingerprint density at radius 2 is 2.19 bits per heavy atom. The van der Waals surface area contributed by atoms with E-state index >= 15 is 0 Å². The monoisotopic (exact) mass is 254 g/mol. The van der Waals surface area contributed by atoms with Gasteiger partial charge < -0.3 is 5.32 Å². The van der Waals surface area contributed by atoms with Crippen LogP contribution in [-0.2, 0) is 0 Å². The van der Waals surface area contributed by atoms with E-state index in [0.29, 0.717) is 0 Å². The summed E-state index contributed by atoms with van der Waals surface area (Å²) in [4.78, 5) is 4.59. The molecule has 0 aromatic heterocycles. The molecule has 1 aliphatic rings. The van der Waals surface area contributed by atoms with E-state index in [9.17, 15) is 0 Å². The Kier molecular flexibility index (Phi) is 3.17. The molecule has 1 aromatic rings. The second-order valence-electron chi connectivity index (χ2n) is 4.63. The van der Waals surface area contributed by atoms with Crippen LogP contribution in [0.1, 0.15) is 19.4 Å². The van der Waals surface area contributed by atoms with Crippen LogP contribution in [0.4, 0.5) is 5.69 Å². The molecule has 0 fully saturated rings. The fourth-order valence-electron chi connectivity index (χ4n) is 1.49. The number of hydrogen-bond donors (Lipinski definition) is 1. The quantitative estimate of drug-likeness (QED) is 0.821. The van der Waals surface area contributed by atoms with Gasteiger partial charge >= 0.3 is 0 Å². The maximum Gasteiger partial charge on any atom is 0.161 e. The summed E-state index contributed by atoms with van der Waals surface area (Å²) >= 11 is 7.89. The van der Waals surface area contributed by atoms with Crippen LogP contribution in [0.25, 0.3) is 0 Å². The van der Waals surface area contributed by atoms with Gasteiger partial charge in [-0.1, -0.05) is 29.4 Å². The molecule has 0 spiro atoms. The average Bonchev–Trinajstić information content (AvgIpc) is 2.51. The first-order chi connectivity index (χ1) is 7.46. The molecular formula is C12H15ClN2S. The predicted octanol–water partition coefficient (Wildman–Crippen LogP) is 3.94. The summed E-state index contributed by atoms with van der Waals surface area (Å²) in [6, 6.07) is 5.99. The zero-order valence-corrected chi connectivity index (χ0v) is 11.2. The zero-order chi connectivity index (χ0) is 11.8. The van der Waals surface area contributed by atoms with Gasteiger partial charge in [0.25, 0.3) is 0 Å². The number of halogens is 1. The van der Waals surface area contributed by atoms with Gasteiger partial charge in [0, 0.05) is 5.75 Å². The van der Waals surface area contributed by atoms with Gasteiger partial charge in [0.15, 0.2) is 5.17 Å². The molecule has 0 bridgehead atoms. The zero-order valence-electron chi connectivity index (χ0n) is 9.67. The number of nitrogens with one attached hydrogen (secondary N) is 1. The molecule has 4 heteroatoms. The van der Waals surface area contributed by atoms with Gasteiger partial charge in [0.1, 0.15) is 0 Å². The first-order valence-electron chi connectivity index (χ1n) is 5.22. The van der Waals surface area contributed by atoms with Crippen molar-refractivity contribution in [2.75, 3.05) is 11.1 Å². The lowest BCUT2D eigenvalue weighted by molar-refractivity contribution is 0.605. The Hall–Kier alpha value is -0.670. The summed E-state index contributed by atoms with van der Waals surface area (Å²) in [6.45, 7) is 6.29. The van der Waals surface area contributed by atoms with E-state index in [1.807, 2.05) is 25.1 Å². The van der Waals surface area contributed by atoms with Crippen LogP contribution in [0.3, 0.4) is 0 Å². The third-order valence-corrected chi connectivity index (χ3v) is 3.96. The first kappa shape index (κ1) is 11.8. The van der Waals surface area contributed by atoms with Gasteiger partial charge in [0.05, 0.1) is 16.2 Å². The van der Waals surface area contributed by atoms with Crippen molar-refractivity contribution in [2.24, 2.45) is 4.99 Å². The molecule has 0 saturated heterocycles.